The van der Waals surface area contributed by atoms with Crippen molar-refractivity contribution in [3.05, 3.63) is 36.2 Å². The second kappa shape index (κ2) is 5.55. The lowest BCUT2D eigenvalue weighted by molar-refractivity contribution is -0.142. The molecule has 1 aromatic heterocycles. The van der Waals surface area contributed by atoms with Crippen molar-refractivity contribution < 1.29 is 9.53 Å². The summed E-state index contributed by atoms with van der Waals surface area (Å²) in [5, 5.41) is 8.69. The predicted molar refractivity (Wildman–Crippen MR) is 54.4 cm³/mol. The predicted octanol–water partition coefficient (Wildman–Crippen LogP) is 1.41. The van der Waals surface area contributed by atoms with Gasteiger partial charge in [-0.25, -0.2) is 0 Å². The summed E-state index contributed by atoms with van der Waals surface area (Å²) in [4.78, 5) is 14.9. The number of nitriles is 1. The van der Waals surface area contributed by atoms with E-state index in [9.17, 15) is 4.79 Å². The summed E-state index contributed by atoms with van der Waals surface area (Å²) in [6.45, 7) is 0. The van der Waals surface area contributed by atoms with Crippen LogP contribution in [0.5, 0.6) is 0 Å². The standard InChI is InChI=1S/C11H10N2O2/c1-15-11(14)10(8-12)3-2-9-4-6-13-7-5-9/h2-7,10H,1H3/b3-2-. The number of pyridine rings is 1. The molecule has 0 aliphatic carbocycles. The number of esters is 1. The number of carbonyl (C=O) groups is 1. The Bertz CT molecular complexity index is 393. The molecule has 0 aliphatic rings. The van der Waals surface area contributed by atoms with Gasteiger partial charge in [-0.2, -0.15) is 5.26 Å². The van der Waals surface area contributed by atoms with Crippen molar-refractivity contribution in [1.82, 2.24) is 4.98 Å². The molecule has 0 amide bonds. The largest absolute Gasteiger partial charge is 0.468 e. The molecular formula is C11H10N2O2. The van der Waals surface area contributed by atoms with Crippen molar-refractivity contribution in [2.24, 2.45) is 5.92 Å². The molecule has 15 heavy (non-hydrogen) atoms. The summed E-state index contributed by atoms with van der Waals surface area (Å²) >= 11 is 0. The number of methoxy groups -OCH3 is 1. The minimum absolute atomic E-state index is 0.553. The minimum atomic E-state index is -0.858. The van der Waals surface area contributed by atoms with Crippen molar-refractivity contribution in [3.63, 3.8) is 0 Å². The molecule has 0 bridgehead atoms. The summed E-state index contributed by atoms with van der Waals surface area (Å²) in [6.07, 6.45) is 6.46. The maximum atomic E-state index is 11.1. The lowest BCUT2D eigenvalue weighted by Crippen LogP contribution is -2.11. The van der Waals surface area contributed by atoms with Crippen LogP contribution in [0.3, 0.4) is 0 Å². The lowest BCUT2D eigenvalue weighted by atomic mass is 10.1. The highest BCUT2D eigenvalue weighted by atomic mass is 16.5. The third-order valence-electron chi connectivity index (χ3n) is 1.78. The summed E-state index contributed by atoms with van der Waals surface area (Å²) in [5.41, 5.74) is 0.883. The Morgan fingerprint density at radius 3 is 2.80 bits per heavy atom. The van der Waals surface area contributed by atoms with Crippen molar-refractivity contribution in [3.8, 4) is 6.07 Å². The van der Waals surface area contributed by atoms with Crippen LogP contribution in [0.4, 0.5) is 0 Å². The molecule has 1 rings (SSSR count). The van der Waals surface area contributed by atoms with Gasteiger partial charge < -0.3 is 4.74 Å². The first kappa shape index (κ1) is 10.9. The van der Waals surface area contributed by atoms with Gasteiger partial charge in [0.2, 0.25) is 0 Å². The van der Waals surface area contributed by atoms with Gasteiger partial charge in [0.05, 0.1) is 13.2 Å². The van der Waals surface area contributed by atoms with Gasteiger partial charge in [-0.3, -0.25) is 9.78 Å². The average molecular weight is 202 g/mol. The molecule has 1 atom stereocenters. The normalized spacial score (nSPS) is 12.0. The Morgan fingerprint density at radius 2 is 2.27 bits per heavy atom. The zero-order chi connectivity index (χ0) is 11.1. The third kappa shape index (κ3) is 3.24. The molecule has 1 aromatic rings. The Kier molecular flexibility index (Phi) is 4.05. The molecule has 0 saturated heterocycles. The molecule has 0 fully saturated rings. The van der Waals surface area contributed by atoms with Crippen molar-refractivity contribution in [1.29, 1.82) is 5.26 Å². The number of hydrogen-bond donors (Lipinski definition) is 0. The maximum Gasteiger partial charge on any atom is 0.327 e. The summed E-state index contributed by atoms with van der Waals surface area (Å²) in [6, 6.07) is 5.41. The van der Waals surface area contributed by atoms with E-state index >= 15 is 0 Å². The molecule has 4 nitrogen and oxygen atoms in total. The van der Waals surface area contributed by atoms with Gasteiger partial charge in [0.25, 0.3) is 0 Å². The highest BCUT2D eigenvalue weighted by molar-refractivity contribution is 5.78. The molecule has 1 heterocycles. The van der Waals surface area contributed by atoms with Crippen LogP contribution in [0.1, 0.15) is 5.56 Å². The van der Waals surface area contributed by atoms with E-state index in [1.165, 1.54) is 13.2 Å². The highest BCUT2D eigenvalue weighted by Crippen LogP contribution is 2.05. The first-order valence-electron chi connectivity index (χ1n) is 4.33. The van der Waals surface area contributed by atoms with Gasteiger partial charge in [0.15, 0.2) is 5.92 Å². The maximum absolute atomic E-state index is 11.1. The second-order valence-corrected chi connectivity index (χ2v) is 2.77. The molecule has 0 aromatic carbocycles. The molecule has 1 unspecified atom stereocenters. The van der Waals surface area contributed by atoms with E-state index in [-0.39, 0.29) is 0 Å². The number of aromatic nitrogens is 1. The summed E-state index contributed by atoms with van der Waals surface area (Å²) in [5.74, 6) is -1.41. The smallest absolute Gasteiger partial charge is 0.327 e. The van der Waals surface area contributed by atoms with Crippen molar-refractivity contribution in [2.45, 2.75) is 0 Å². The van der Waals surface area contributed by atoms with Crippen molar-refractivity contribution in [2.75, 3.05) is 7.11 Å². The van der Waals surface area contributed by atoms with Gasteiger partial charge in [-0.15, -0.1) is 0 Å². The number of rotatable bonds is 3. The molecule has 0 aliphatic heterocycles. The van der Waals surface area contributed by atoms with Gasteiger partial charge in [0.1, 0.15) is 0 Å². The summed E-state index contributed by atoms with van der Waals surface area (Å²) < 4.78 is 4.47. The molecular weight excluding hydrogens is 192 g/mol. The van der Waals surface area contributed by atoms with Crippen LogP contribution in [0.2, 0.25) is 0 Å². The topological polar surface area (TPSA) is 63.0 Å². The number of carbonyl (C=O) groups excluding carboxylic acids is 1. The van der Waals surface area contributed by atoms with E-state index in [4.69, 9.17) is 5.26 Å². The van der Waals surface area contributed by atoms with E-state index in [0.29, 0.717) is 0 Å². The van der Waals surface area contributed by atoms with E-state index in [2.05, 4.69) is 9.72 Å². The molecule has 0 saturated carbocycles. The monoisotopic (exact) mass is 202 g/mol. The minimum Gasteiger partial charge on any atom is -0.468 e. The zero-order valence-electron chi connectivity index (χ0n) is 8.25. The Balaban J connectivity index is 2.72. The first-order chi connectivity index (χ1) is 7.27. The SMILES string of the molecule is COC(=O)C(C#N)/C=C\c1ccncc1. The molecule has 0 radical (unpaired) electrons. The number of nitrogens with zero attached hydrogens (tertiary/aromatic N) is 2. The van der Waals surface area contributed by atoms with Crippen LogP contribution in [0, 0.1) is 17.2 Å². The quantitative estimate of drug-likeness (QED) is 0.695. The fraction of sp³-hybridized carbons (Fsp3) is 0.182. The number of ether oxygens (including phenoxy) is 1. The molecule has 0 N–H and O–H groups in total. The van der Waals surface area contributed by atoms with E-state index in [1.807, 2.05) is 6.07 Å². The van der Waals surface area contributed by atoms with Gasteiger partial charge in [0, 0.05) is 12.4 Å². The van der Waals surface area contributed by atoms with Crippen LogP contribution in [-0.2, 0) is 9.53 Å². The molecule has 76 valence electrons. The van der Waals surface area contributed by atoms with Crippen LogP contribution in [0.25, 0.3) is 6.08 Å². The van der Waals surface area contributed by atoms with Gasteiger partial charge >= 0.3 is 5.97 Å². The first-order valence-corrected chi connectivity index (χ1v) is 4.33. The Hall–Kier alpha value is -2.15. The van der Waals surface area contributed by atoms with E-state index in [0.717, 1.165) is 5.56 Å². The van der Waals surface area contributed by atoms with E-state index < -0.39 is 11.9 Å². The van der Waals surface area contributed by atoms with Crippen molar-refractivity contribution >= 4 is 12.0 Å². The fourth-order valence-corrected chi connectivity index (χ4v) is 0.983. The van der Waals surface area contributed by atoms with Crippen LogP contribution in [-0.4, -0.2) is 18.1 Å². The van der Waals surface area contributed by atoms with E-state index in [1.54, 1.807) is 30.6 Å². The summed E-state index contributed by atoms with van der Waals surface area (Å²) in [7, 11) is 1.26. The molecule has 0 spiro atoms. The third-order valence-corrected chi connectivity index (χ3v) is 1.78. The van der Waals surface area contributed by atoms with Crippen LogP contribution >= 0.6 is 0 Å². The molecule has 4 heteroatoms. The second-order valence-electron chi connectivity index (χ2n) is 2.77. The Morgan fingerprint density at radius 1 is 1.60 bits per heavy atom. The lowest BCUT2D eigenvalue weighted by Gasteiger charge is -1.99. The number of hydrogen-bond acceptors (Lipinski definition) is 4. The Labute approximate surface area is 87.8 Å². The fourth-order valence-electron chi connectivity index (χ4n) is 0.983. The average Bonchev–Trinajstić information content (AvgIpc) is 2.31. The van der Waals surface area contributed by atoms with Crippen LogP contribution < -0.4 is 0 Å². The zero-order valence-corrected chi connectivity index (χ0v) is 8.25. The van der Waals surface area contributed by atoms with Crippen LogP contribution in [0.15, 0.2) is 30.6 Å². The van der Waals surface area contributed by atoms with Gasteiger partial charge in [-0.05, 0) is 17.7 Å². The highest BCUT2D eigenvalue weighted by Gasteiger charge is 2.13. The van der Waals surface area contributed by atoms with Gasteiger partial charge in [-0.1, -0.05) is 12.2 Å².